The van der Waals surface area contributed by atoms with Gasteiger partial charge in [-0.1, -0.05) is 0 Å². The van der Waals surface area contributed by atoms with Crippen LogP contribution in [0, 0.1) is 6.92 Å². The highest BCUT2D eigenvalue weighted by Crippen LogP contribution is 2.38. The maximum Gasteiger partial charge on any atom is 0.254 e. The fourth-order valence-corrected chi connectivity index (χ4v) is 3.35. The molecule has 1 amide bonds. The second-order valence-corrected chi connectivity index (χ2v) is 6.53. The number of hydrogen-bond donors (Lipinski definition) is 1. The molecule has 6 nitrogen and oxygen atoms in total. The Kier molecular flexibility index (Phi) is 4.61. The molecule has 2 heterocycles. The minimum absolute atomic E-state index is 0.00114. The van der Waals surface area contributed by atoms with Crippen LogP contribution in [-0.4, -0.2) is 41.5 Å². The molecule has 0 aliphatic carbocycles. The van der Waals surface area contributed by atoms with Gasteiger partial charge in [-0.15, -0.1) is 0 Å². The number of anilines is 1. The largest absolute Gasteiger partial charge is 0.497 e. The molecule has 0 unspecified atom stereocenters. The molecule has 0 radical (unpaired) electrons. The standard InChI is InChI=1S/C19H24N4O2/c1-13-12-16(20-3)22-18(21-13)19(2)10-5-11-23(19)17(24)14-6-8-15(25-4)9-7-14/h6-9,12H,5,10-11H2,1-4H3,(H,20,21,22)/t19-/m1/s1. The monoisotopic (exact) mass is 340 g/mol. The van der Waals surface area contributed by atoms with Gasteiger partial charge in [0.2, 0.25) is 0 Å². The van der Waals surface area contributed by atoms with Crippen molar-refractivity contribution in [2.75, 3.05) is 26.0 Å². The molecule has 0 saturated carbocycles. The molecule has 25 heavy (non-hydrogen) atoms. The van der Waals surface area contributed by atoms with Crippen LogP contribution in [-0.2, 0) is 5.54 Å². The lowest BCUT2D eigenvalue weighted by Gasteiger charge is -2.34. The van der Waals surface area contributed by atoms with Crippen LogP contribution in [0.15, 0.2) is 30.3 Å². The summed E-state index contributed by atoms with van der Waals surface area (Å²) < 4.78 is 5.17. The van der Waals surface area contributed by atoms with Gasteiger partial charge in [0, 0.05) is 30.9 Å². The van der Waals surface area contributed by atoms with Gasteiger partial charge in [-0.25, -0.2) is 9.97 Å². The minimum Gasteiger partial charge on any atom is -0.497 e. The first-order valence-corrected chi connectivity index (χ1v) is 8.48. The van der Waals surface area contributed by atoms with Crippen molar-refractivity contribution in [2.45, 2.75) is 32.2 Å². The molecular formula is C19H24N4O2. The van der Waals surface area contributed by atoms with Crippen molar-refractivity contribution >= 4 is 11.7 Å². The Balaban J connectivity index is 1.95. The summed E-state index contributed by atoms with van der Waals surface area (Å²) in [4.78, 5) is 24.2. The lowest BCUT2D eigenvalue weighted by atomic mass is 9.96. The molecule has 1 aliphatic rings. The van der Waals surface area contributed by atoms with Crippen LogP contribution in [0.3, 0.4) is 0 Å². The van der Waals surface area contributed by atoms with E-state index in [1.54, 1.807) is 19.2 Å². The van der Waals surface area contributed by atoms with Gasteiger partial charge in [0.25, 0.3) is 5.91 Å². The Labute approximate surface area is 148 Å². The lowest BCUT2D eigenvalue weighted by molar-refractivity contribution is 0.0604. The second kappa shape index (κ2) is 6.70. The summed E-state index contributed by atoms with van der Waals surface area (Å²) in [6, 6.07) is 9.12. The Morgan fingerprint density at radius 2 is 2.00 bits per heavy atom. The summed E-state index contributed by atoms with van der Waals surface area (Å²) in [5, 5.41) is 3.07. The zero-order valence-electron chi connectivity index (χ0n) is 15.2. The molecule has 1 N–H and O–H groups in total. The number of methoxy groups -OCH3 is 1. The SMILES string of the molecule is CNc1cc(C)nc([C@@]2(C)CCCN2C(=O)c2ccc(OC)cc2)n1. The third-order valence-electron chi connectivity index (χ3n) is 4.82. The molecule has 3 rings (SSSR count). The molecule has 132 valence electrons. The fourth-order valence-electron chi connectivity index (χ4n) is 3.35. The van der Waals surface area contributed by atoms with Crippen LogP contribution >= 0.6 is 0 Å². The summed E-state index contributed by atoms with van der Waals surface area (Å²) in [6.45, 7) is 4.70. The molecule has 1 saturated heterocycles. The van der Waals surface area contributed by atoms with E-state index in [1.165, 1.54) is 0 Å². The van der Waals surface area contributed by atoms with E-state index in [2.05, 4.69) is 22.2 Å². The summed E-state index contributed by atoms with van der Waals surface area (Å²) in [5.41, 5.74) is 1.03. The van der Waals surface area contributed by atoms with E-state index in [1.807, 2.05) is 37.1 Å². The molecule has 6 heteroatoms. The highest BCUT2D eigenvalue weighted by molar-refractivity contribution is 5.95. The number of ether oxygens (including phenoxy) is 1. The van der Waals surface area contributed by atoms with Crippen molar-refractivity contribution in [2.24, 2.45) is 0 Å². The number of amides is 1. The summed E-state index contributed by atoms with van der Waals surface area (Å²) >= 11 is 0. The highest BCUT2D eigenvalue weighted by Gasteiger charge is 2.43. The van der Waals surface area contributed by atoms with E-state index >= 15 is 0 Å². The number of likely N-dealkylation sites (tertiary alicyclic amines) is 1. The molecule has 0 bridgehead atoms. The van der Waals surface area contributed by atoms with Crippen LogP contribution in [0.5, 0.6) is 5.75 Å². The van der Waals surface area contributed by atoms with E-state index in [9.17, 15) is 4.79 Å². The van der Waals surface area contributed by atoms with Crippen molar-refractivity contribution in [1.82, 2.24) is 14.9 Å². The molecule has 1 aliphatic heterocycles. The topological polar surface area (TPSA) is 67.4 Å². The van der Waals surface area contributed by atoms with Crippen LogP contribution in [0.1, 0.15) is 41.6 Å². The van der Waals surface area contributed by atoms with Crippen molar-refractivity contribution in [3.8, 4) is 5.75 Å². The van der Waals surface area contributed by atoms with E-state index in [-0.39, 0.29) is 5.91 Å². The van der Waals surface area contributed by atoms with Crippen molar-refractivity contribution in [3.05, 3.63) is 47.4 Å². The predicted octanol–water partition coefficient (Wildman–Crippen LogP) is 2.99. The van der Waals surface area contributed by atoms with Crippen LogP contribution in [0.4, 0.5) is 5.82 Å². The summed E-state index contributed by atoms with van der Waals surface area (Å²) in [5.74, 6) is 2.20. The molecule has 1 aromatic carbocycles. The zero-order valence-corrected chi connectivity index (χ0v) is 15.2. The first kappa shape index (κ1) is 17.2. The highest BCUT2D eigenvalue weighted by atomic mass is 16.5. The number of nitrogens with one attached hydrogen (secondary N) is 1. The maximum absolute atomic E-state index is 13.1. The van der Waals surface area contributed by atoms with Gasteiger partial charge in [-0.3, -0.25) is 4.79 Å². The van der Waals surface area contributed by atoms with Gasteiger partial charge in [-0.2, -0.15) is 0 Å². The quantitative estimate of drug-likeness (QED) is 0.927. The second-order valence-electron chi connectivity index (χ2n) is 6.53. The summed E-state index contributed by atoms with van der Waals surface area (Å²) in [7, 11) is 3.45. The normalized spacial score (nSPS) is 19.8. The Bertz CT molecular complexity index is 775. The number of hydrogen-bond acceptors (Lipinski definition) is 5. The van der Waals surface area contributed by atoms with Gasteiger partial charge in [-0.05, 0) is 51.0 Å². The van der Waals surface area contributed by atoms with Crippen molar-refractivity contribution in [1.29, 1.82) is 0 Å². The Morgan fingerprint density at radius 1 is 1.28 bits per heavy atom. The molecule has 2 aromatic rings. The molecule has 0 spiro atoms. The van der Waals surface area contributed by atoms with Crippen LogP contribution in [0.2, 0.25) is 0 Å². The van der Waals surface area contributed by atoms with Gasteiger partial charge in [0.1, 0.15) is 17.1 Å². The molecular weight excluding hydrogens is 316 g/mol. The number of carbonyl (C=O) groups excluding carboxylic acids is 1. The van der Waals surface area contributed by atoms with Gasteiger partial charge >= 0.3 is 0 Å². The smallest absolute Gasteiger partial charge is 0.254 e. The van der Waals surface area contributed by atoms with Gasteiger partial charge in [0.05, 0.1) is 7.11 Å². The van der Waals surface area contributed by atoms with E-state index in [4.69, 9.17) is 4.74 Å². The third kappa shape index (κ3) is 3.16. The maximum atomic E-state index is 13.1. The zero-order chi connectivity index (χ0) is 18.0. The fraction of sp³-hybridized carbons (Fsp3) is 0.421. The number of nitrogens with zero attached hydrogens (tertiary/aromatic N) is 3. The van der Waals surface area contributed by atoms with Crippen molar-refractivity contribution in [3.63, 3.8) is 0 Å². The Morgan fingerprint density at radius 3 is 2.64 bits per heavy atom. The average molecular weight is 340 g/mol. The Hall–Kier alpha value is -2.63. The van der Waals surface area contributed by atoms with E-state index < -0.39 is 5.54 Å². The van der Waals surface area contributed by atoms with Crippen LogP contribution < -0.4 is 10.1 Å². The number of aromatic nitrogens is 2. The summed E-state index contributed by atoms with van der Waals surface area (Å²) in [6.07, 6.45) is 1.78. The van der Waals surface area contributed by atoms with E-state index in [0.29, 0.717) is 17.9 Å². The number of carbonyl (C=O) groups is 1. The van der Waals surface area contributed by atoms with Gasteiger partial charge in [0.15, 0.2) is 5.82 Å². The molecule has 1 atom stereocenters. The number of rotatable bonds is 4. The van der Waals surface area contributed by atoms with Gasteiger partial charge < -0.3 is 15.0 Å². The van der Waals surface area contributed by atoms with Crippen molar-refractivity contribution < 1.29 is 9.53 Å². The minimum atomic E-state index is -0.505. The molecule has 1 aromatic heterocycles. The molecule has 1 fully saturated rings. The first-order valence-electron chi connectivity index (χ1n) is 8.48. The number of aryl methyl sites for hydroxylation is 1. The third-order valence-corrected chi connectivity index (χ3v) is 4.82. The lowest BCUT2D eigenvalue weighted by Crippen LogP contribution is -2.44. The van der Waals surface area contributed by atoms with E-state index in [0.717, 1.165) is 30.1 Å². The first-order chi connectivity index (χ1) is 12.0. The number of benzene rings is 1. The van der Waals surface area contributed by atoms with Crippen LogP contribution in [0.25, 0.3) is 0 Å². The predicted molar refractivity (Wildman–Crippen MR) is 96.9 cm³/mol. The average Bonchev–Trinajstić information content (AvgIpc) is 3.03.